The molecule has 10 heavy (non-hydrogen) atoms. The Labute approximate surface area is 61.8 Å². The van der Waals surface area contributed by atoms with Crippen LogP contribution in [0.4, 0.5) is 0 Å². The van der Waals surface area contributed by atoms with Crippen molar-refractivity contribution in [3.63, 3.8) is 0 Å². The number of rotatable bonds is 0. The fourth-order valence-electron chi connectivity index (χ4n) is 2.47. The van der Waals surface area contributed by atoms with E-state index in [-0.39, 0.29) is 5.41 Å². The Bertz CT molecular complexity index is 181. The predicted molar refractivity (Wildman–Crippen MR) is 39.3 cm³/mol. The minimum atomic E-state index is 0.289. The van der Waals surface area contributed by atoms with Crippen LogP contribution >= 0.6 is 0 Å². The lowest BCUT2D eigenvalue weighted by molar-refractivity contribution is -0.119. The molecule has 0 aromatic carbocycles. The molecule has 0 aromatic rings. The Hall–Kier alpha value is -0.330. The first-order chi connectivity index (χ1) is 4.62. The van der Waals surface area contributed by atoms with Gasteiger partial charge in [-0.05, 0) is 24.2 Å². The Morgan fingerprint density at radius 3 is 2.40 bits per heavy atom. The second-order valence-electron chi connectivity index (χ2n) is 4.13. The normalized spacial score (nSPS) is 42.8. The van der Waals surface area contributed by atoms with Gasteiger partial charge < -0.3 is 0 Å². The van der Waals surface area contributed by atoms with E-state index in [0.717, 1.165) is 6.42 Å². The van der Waals surface area contributed by atoms with Crippen molar-refractivity contribution >= 4 is 5.78 Å². The van der Waals surface area contributed by atoms with Crippen LogP contribution < -0.4 is 0 Å². The first kappa shape index (κ1) is 6.38. The van der Waals surface area contributed by atoms with Gasteiger partial charge in [-0.2, -0.15) is 0 Å². The van der Waals surface area contributed by atoms with Crippen LogP contribution in [0.25, 0.3) is 0 Å². The SMILES string of the molecule is CC1(C)C2[CH]C(=O)C1CC2. The lowest BCUT2D eigenvalue weighted by Gasteiger charge is -2.21. The molecular formula is C9H13O. The number of hydrogen-bond donors (Lipinski definition) is 0. The second-order valence-corrected chi connectivity index (χ2v) is 4.13. The van der Waals surface area contributed by atoms with Gasteiger partial charge in [-0.3, -0.25) is 4.79 Å². The zero-order valence-corrected chi connectivity index (χ0v) is 6.55. The van der Waals surface area contributed by atoms with Crippen molar-refractivity contribution in [3.05, 3.63) is 6.42 Å². The maximum absolute atomic E-state index is 11.2. The van der Waals surface area contributed by atoms with E-state index < -0.39 is 0 Å². The lowest BCUT2D eigenvalue weighted by atomic mass is 9.82. The summed E-state index contributed by atoms with van der Waals surface area (Å²) in [6.07, 6.45) is 4.31. The summed E-state index contributed by atoms with van der Waals surface area (Å²) in [6, 6.07) is 0. The van der Waals surface area contributed by atoms with Gasteiger partial charge in [0.05, 0.1) is 0 Å². The average Bonchev–Trinajstić information content (AvgIpc) is 2.20. The molecule has 0 heterocycles. The minimum Gasteiger partial charge on any atom is -0.299 e. The Balaban J connectivity index is 2.35. The van der Waals surface area contributed by atoms with E-state index in [1.54, 1.807) is 0 Å². The minimum absolute atomic E-state index is 0.289. The molecule has 0 aliphatic heterocycles. The highest BCUT2D eigenvalue weighted by Crippen LogP contribution is 2.54. The van der Waals surface area contributed by atoms with Crippen LogP contribution in [0.2, 0.25) is 0 Å². The number of carbonyl (C=O) groups excluding carboxylic acids is 1. The van der Waals surface area contributed by atoms with Crippen molar-refractivity contribution in [3.8, 4) is 0 Å². The van der Waals surface area contributed by atoms with Crippen LogP contribution in [0, 0.1) is 23.7 Å². The Morgan fingerprint density at radius 2 is 2.20 bits per heavy atom. The van der Waals surface area contributed by atoms with Gasteiger partial charge in [0.1, 0.15) is 5.78 Å². The van der Waals surface area contributed by atoms with E-state index in [2.05, 4.69) is 13.8 Å². The summed E-state index contributed by atoms with van der Waals surface area (Å²) in [4.78, 5) is 11.2. The van der Waals surface area contributed by atoms with Crippen molar-refractivity contribution in [2.75, 3.05) is 0 Å². The molecule has 0 spiro atoms. The second kappa shape index (κ2) is 1.63. The third-order valence-electron chi connectivity index (χ3n) is 3.33. The molecule has 1 heteroatoms. The molecule has 0 N–H and O–H groups in total. The number of hydrogen-bond acceptors (Lipinski definition) is 1. The monoisotopic (exact) mass is 137 g/mol. The van der Waals surface area contributed by atoms with Gasteiger partial charge in [-0.25, -0.2) is 0 Å². The van der Waals surface area contributed by atoms with Crippen LogP contribution in [-0.2, 0) is 4.79 Å². The summed E-state index contributed by atoms with van der Waals surface area (Å²) in [5.74, 6) is 1.35. The fraction of sp³-hybridized carbons (Fsp3) is 0.778. The van der Waals surface area contributed by atoms with E-state index in [4.69, 9.17) is 0 Å². The van der Waals surface area contributed by atoms with Crippen molar-refractivity contribution < 1.29 is 4.79 Å². The largest absolute Gasteiger partial charge is 0.299 e. The van der Waals surface area contributed by atoms with Crippen molar-refractivity contribution in [2.45, 2.75) is 26.7 Å². The van der Waals surface area contributed by atoms with Gasteiger partial charge in [-0.1, -0.05) is 13.8 Å². The van der Waals surface area contributed by atoms with Gasteiger partial charge in [0.2, 0.25) is 0 Å². The van der Waals surface area contributed by atoms with Gasteiger partial charge in [0.15, 0.2) is 0 Å². The van der Waals surface area contributed by atoms with Gasteiger partial charge in [0, 0.05) is 12.3 Å². The molecule has 2 fully saturated rings. The third kappa shape index (κ3) is 0.561. The van der Waals surface area contributed by atoms with Crippen molar-refractivity contribution in [1.29, 1.82) is 0 Å². The van der Waals surface area contributed by atoms with Crippen LogP contribution in [-0.4, -0.2) is 5.78 Å². The highest BCUT2D eigenvalue weighted by atomic mass is 16.1. The van der Waals surface area contributed by atoms with E-state index in [1.165, 1.54) is 6.42 Å². The Kier molecular flexibility index (Phi) is 1.04. The first-order valence-electron chi connectivity index (χ1n) is 4.01. The molecule has 2 aliphatic rings. The maximum Gasteiger partial charge on any atom is 0.140 e. The molecule has 2 unspecified atom stereocenters. The maximum atomic E-state index is 11.2. The number of carbonyl (C=O) groups is 1. The molecule has 2 bridgehead atoms. The van der Waals surface area contributed by atoms with E-state index in [1.807, 2.05) is 6.42 Å². The molecule has 2 saturated carbocycles. The summed E-state index contributed by atoms with van der Waals surface area (Å²) in [7, 11) is 0. The molecule has 1 nitrogen and oxygen atoms in total. The van der Waals surface area contributed by atoms with E-state index in [0.29, 0.717) is 17.6 Å². The Morgan fingerprint density at radius 1 is 1.50 bits per heavy atom. The molecule has 2 rings (SSSR count). The third-order valence-corrected chi connectivity index (χ3v) is 3.33. The van der Waals surface area contributed by atoms with Gasteiger partial charge in [0.25, 0.3) is 0 Å². The highest BCUT2D eigenvalue weighted by Gasteiger charge is 2.52. The van der Waals surface area contributed by atoms with E-state index >= 15 is 0 Å². The number of Topliss-reactive ketones (excluding diaryl/α,β-unsaturated/α-hetero) is 1. The quantitative estimate of drug-likeness (QED) is 0.497. The molecule has 2 atom stereocenters. The molecule has 0 saturated heterocycles. The van der Waals surface area contributed by atoms with Crippen LogP contribution in [0.15, 0.2) is 0 Å². The van der Waals surface area contributed by atoms with Crippen LogP contribution in [0.3, 0.4) is 0 Å². The smallest absolute Gasteiger partial charge is 0.140 e. The zero-order chi connectivity index (χ0) is 7.35. The number of fused-ring (bicyclic) bond motifs is 2. The van der Waals surface area contributed by atoms with Crippen LogP contribution in [0.5, 0.6) is 0 Å². The number of ketones is 1. The van der Waals surface area contributed by atoms with Crippen molar-refractivity contribution in [1.82, 2.24) is 0 Å². The van der Waals surface area contributed by atoms with E-state index in [9.17, 15) is 4.79 Å². The van der Waals surface area contributed by atoms with Gasteiger partial charge >= 0.3 is 0 Å². The summed E-state index contributed by atoms with van der Waals surface area (Å²) < 4.78 is 0. The molecular weight excluding hydrogens is 124 g/mol. The zero-order valence-electron chi connectivity index (χ0n) is 6.55. The lowest BCUT2D eigenvalue weighted by Crippen LogP contribution is -2.19. The standard InChI is InChI=1S/C9H13O/c1-9(2)6-3-4-7(9)8(10)5-6/h5-7H,3-4H2,1-2H3. The first-order valence-corrected chi connectivity index (χ1v) is 4.01. The highest BCUT2D eigenvalue weighted by molar-refractivity contribution is 5.93. The molecule has 0 aromatic heterocycles. The van der Waals surface area contributed by atoms with Crippen molar-refractivity contribution in [2.24, 2.45) is 17.3 Å². The van der Waals surface area contributed by atoms with Crippen LogP contribution in [0.1, 0.15) is 26.7 Å². The molecule has 2 aliphatic carbocycles. The average molecular weight is 137 g/mol. The van der Waals surface area contributed by atoms with Gasteiger partial charge in [-0.15, -0.1) is 0 Å². The molecule has 55 valence electrons. The fourth-order valence-corrected chi connectivity index (χ4v) is 2.47. The summed E-state index contributed by atoms with van der Waals surface area (Å²) in [6.45, 7) is 4.44. The topological polar surface area (TPSA) is 17.1 Å². The summed E-state index contributed by atoms with van der Waals surface area (Å²) in [5, 5.41) is 0. The predicted octanol–water partition coefficient (Wildman–Crippen LogP) is 1.83. The summed E-state index contributed by atoms with van der Waals surface area (Å²) in [5.41, 5.74) is 0.289. The molecule has 1 radical (unpaired) electrons. The summed E-state index contributed by atoms with van der Waals surface area (Å²) >= 11 is 0. The molecule has 0 amide bonds.